The first-order chi connectivity index (χ1) is 22.3. The third-order valence-corrected chi connectivity index (χ3v) is 9.84. The summed E-state index contributed by atoms with van der Waals surface area (Å²) in [5.41, 5.74) is 8.05. The van der Waals surface area contributed by atoms with Gasteiger partial charge < -0.3 is 19.5 Å². The van der Waals surface area contributed by atoms with E-state index in [1.807, 2.05) is 43.3 Å². The zero-order chi connectivity index (χ0) is 32.2. The van der Waals surface area contributed by atoms with E-state index in [2.05, 4.69) is 50.4 Å². The number of allylic oxidation sites excluding steroid dienone is 1. The standard InChI is InChI=1S/C37H42N4O4S/c1-23-18-25(3)29(19-24(23)2)21-44-31-17-16-28(20-32(31)43-5)34-33(35(42)45-30-14-10-7-11-15-30)26(4)38-36-39-37(40-41(34)36)46-22-27-12-8-6-9-13-27/h6,8-9,12-13,16-20,30,34H,7,10-11,14-15,21-22H2,1-5H3,(H,38,39,40). The molecule has 1 atom stereocenters. The highest BCUT2D eigenvalue weighted by atomic mass is 32.2. The van der Waals surface area contributed by atoms with Crippen LogP contribution in [0.5, 0.6) is 11.5 Å². The third kappa shape index (κ3) is 6.94. The molecule has 9 heteroatoms. The van der Waals surface area contributed by atoms with E-state index >= 15 is 0 Å². The van der Waals surface area contributed by atoms with Crippen LogP contribution in [-0.2, 0) is 21.9 Å². The van der Waals surface area contributed by atoms with E-state index < -0.39 is 6.04 Å². The van der Waals surface area contributed by atoms with Gasteiger partial charge in [-0.3, -0.25) is 0 Å². The Hall–Kier alpha value is -4.24. The van der Waals surface area contributed by atoms with Crippen LogP contribution < -0.4 is 14.8 Å². The maximum Gasteiger partial charge on any atom is 0.338 e. The van der Waals surface area contributed by atoms with Crippen LogP contribution in [0, 0.1) is 20.8 Å². The summed E-state index contributed by atoms with van der Waals surface area (Å²) in [6.07, 6.45) is 5.05. The number of esters is 1. The lowest BCUT2D eigenvalue weighted by Crippen LogP contribution is -2.32. The molecule has 46 heavy (non-hydrogen) atoms. The van der Waals surface area contributed by atoms with Gasteiger partial charge >= 0.3 is 5.97 Å². The topological polar surface area (TPSA) is 87.5 Å². The molecule has 2 heterocycles. The van der Waals surface area contributed by atoms with Gasteiger partial charge in [0.1, 0.15) is 18.8 Å². The van der Waals surface area contributed by atoms with Crippen molar-refractivity contribution in [3.63, 3.8) is 0 Å². The lowest BCUT2D eigenvalue weighted by Gasteiger charge is -2.30. The van der Waals surface area contributed by atoms with Gasteiger partial charge in [-0.15, -0.1) is 5.10 Å². The number of thioether (sulfide) groups is 1. The number of ether oxygens (including phenoxy) is 3. The Bertz CT molecular complexity index is 1740. The van der Waals surface area contributed by atoms with Crippen LogP contribution in [0.15, 0.2) is 77.1 Å². The van der Waals surface area contributed by atoms with Crippen LogP contribution in [0.1, 0.15) is 78.5 Å². The summed E-state index contributed by atoms with van der Waals surface area (Å²) >= 11 is 1.56. The van der Waals surface area contributed by atoms with E-state index in [0.29, 0.717) is 40.5 Å². The maximum absolute atomic E-state index is 13.9. The highest BCUT2D eigenvalue weighted by Crippen LogP contribution is 2.41. The number of anilines is 1. The summed E-state index contributed by atoms with van der Waals surface area (Å²) in [5.74, 6) is 2.19. The van der Waals surface area contributed by atoms with E-state index in [1.165, 1.54) is 28.7 Å². The molecule has 1 fully saturated rings. The van der Waals surface area contributed by atoms with E-state index in [1.54, 1.807) is 23.6 Å². The summed E-state index contributed by atoms with van der Waals surface area (Å²) in [5, 5.41) is 8.87. The minimum Gasteiger partial charge on any atom is -0.493 e. The molecule has 4 aromatic rings. The summed E-state index contributed by atoms with van der Waals surface area (Å²) in [6.45, 7) is 8.66. The Morgan fingerprint density at radius 2 is 1.70 bits per heavy atom. The highest BCUT2D eigenvalue weighted by molar-refractivity contribution is 7.98. The molecule has 1 unspecified atom stereocenters. The van der Waals surface area contributed by atoms with E-state index in [9.17, 15) is 4.79 Å². The van der Waals surface area contributed by atoms with E-state index in [-0.39, 0.29) is 12.1 Å². The van der Waals surface area contributed by atoms with Crippen LogP contribution in [0.25, 0.3) is 0 Å². The van der Waals surface area contributed by atoms with Crippen molar-refractivity contribution in [2.45, 2.75) is 89.5 Å². The number of rotatable bonds is 10. The van der Waals surface area contributed by atoms with Crippen molar-refractivity contribution >= 4 is 23.7 Å². The fourth-order valence-corrected chi connectivity index (χ4v) is 6.97. The normalized spacial score (nSPS) is 16.5. The van der Waals surface area contributed by atoms with Crippen LogP contribution in [0.2, 0.25) is 0 Å². The second-order valence-corrected chi connectivity index (χ2v) is 13.2. The molecule has 2 aliphatic rings. The zero-order valence-corrected chi connectivity index (χ0v) is 28.1. The van der Waals surface area contributed by atoms with E-state index in [4.69, 9.17) is 24.3 Å². The first-order valence-electron chi connectivity index (χ1n) is 16.0. The molecule has 1 aliphatic carbocycles. The van der Waals surface area contributed by atoms with Crippen LogP contribution in [0.3, 0.4) is 0 Å². The van der Waals surface area contributed by atoms with Gasteiger partial charge in [0.15, 0.2) is 11.5 Å². The van der Waals surface area contributed by atoms with Gasteiger partial charge in [-0.1, -0.05) is 66.7 Å². The van der Waals surface area contributed by atoms with Crippen molar-refractivity contribution in [1.29, 1.82) is 0 Å². The Kier molecular flexibility index (Phi) is 9.68. The number of nitrogens with one attached hydrogen (secondary N) is 1. The average Bonchev–Trinajstić information content (AvgIpc) is 3.47. The summed E-state index contributed by atoms with van der Waals surface area (Å²) < 4.78 is 20.1. The number of carbonyl (C=O) groups is 1. The second-order valence-electron chi connectivity index (χ2n) is 12.2. The number of benzene rings is 3. The number of carbonyl (C=O) groups excluding carboxylic acids is 1. The molecule has 0 bridgehead atoms. The molecule has 0 spiro atoms. The third-order valence-electron chi connectivity index (χ3n) is 8.93. The SMILES string of the molecule is COc1cc(C2C(C(=O)OC3CCCCC3)=C(C)Nc3nc(SCc4ccccc4)nn32)ccc1OCc1cc(C)c(C)cc1C. The first-order valence-corrected chi connectivity index (χ1v) is 17.0. The summed E-state index contributed by atoms with van der Waals surface area (Å²) in [6, 6.07) is 19.9. The maximum atomic E-state index is 13.9. The van der Waals surface area contributed by atoms with Gasteiger partial charge in [-0.25, -0.2) is 9.48 Å². The minimum absolute atomic E-state index is 0.0736. The molecule has 0 radical (unpaired) electrons. The lowest BCUT2D eigenvalue weighted by atomic mass is 9.94. The van der Waals surface area contributed by atoms with E-state index in [0.717, 1.165) is 42.6 Å². The molecule has 1 N–H and O–H groups in total. The lowest BCUT2D eigenvalue weighted by molar-refractivity contribution is -0.146. The average molecular weight is 639 g/mol. The Morgan fingerprint density at radius 3 is 2.46 bits per heavy atom. The van der Waals surface area contributed by atoms with Crippen LogP contribution >= 0.6 is 11.8 Å². The number of hydrogen-bond acceptors (Lipinski definition) is 8. The molecule has 1 saturated carbocycles. The molecule has 1 aromatic heterocycles. The van der Waals surface area contributed by atoms with Crippen molar-refractivity contribution in [2.24, 2.45) is 0 Å². The number of fused-ring (bicyclic) bond motifs is 1. The van der Waals surface area contributed by atoms with Gasteiger partial charge in [0.05, 0.1) is 12.7 Å². The predicted octanol–water partition coefficient (Wildman–Crippen LogP) is 8.25. The number of nitrogens with zero attached hydrogens (tertiary/aromatic N) is 3. The van der Waals surface area contributed by atoms with Crippen molar-refractivity contribution in [3.05, 3.63) is 105 Å². The molecule has 6 rings (SSSR count). The number of hydrogen-bond donors (Lipinski definition) is 1. The number of aryl methyl sites for hydroxylation is 3. The smallest absolute Gasteiger partial charge is 0.338 e. The quantitative estimate of drug-likeness (QED) is 0.137. The second kappa shape index (κ2) is 14.0. The Balaban J connectivity index is 1.32. The molecular weight excluding hydrogens is 596 g/mol. The van der Waals surface area contributed by atoms with Gasteiger partial charge in [-0.2, -0.15) is 4.98 Å². The molecule has 8 nitrogen and oxygen atoms in total. The molecule has 1 aliphatic heterocycles. The number of methoxy groups -OCH3 is 1. The van der Waals surface area contributed by atoms with Gasteiger partial charge in [0.25, 0.3) is 0 Å². The van der Waals surface area contributed by atoms with Gasteiger partial charge in [0.2, 0.25) is 11.1 Å². The van der Waals surface area contributed by atoms with Crippen LogP contribution in [0.4, 0.5) is 5.95 Å². The molecule has 3 aromatic carbocycles. The van der Waals surface area contributed by atoms with Crippen molar-refractivity contribution in [1.82, 2.24) is 14.8 Å². The summed E-state index contributed by atoms with van der Waals surface area (Å²) in [7, 11) is 1.63. The van der Waals surface area contributed by atoms with Crippen molar-refractivity contribution in [3.8, 4) is 11.5 Å². The fourth-order valence-electron chi connectivity index (χ4n) is 6.19. The number of aromatic nitrogens is 3. The zero-order valence-electron chi connectivity index (χ0n) is 27.3. The Morgan fingerprint density at radius 1 is 0.935 bits per heavy atom. The monoisotopic (exact) mass is 638 g/mol. The molecule has 0 saturated heterocycles. The van der Waals surface area contributed by atoms with Gasteiger partial charge in [-0.05, 0) is 98.9 Å². The summed E-state index contributed by atoms with van der Waals surface area (Å²) in [4.78, 5) is 18.7. The predicted molar refractivity (Wildman–Crippen MR) is 181 cm³/mol. The molecule has 240 valence electrons. The first kappa shape index (κ1) is 31.7. The minimum atomic E-state index is -0.559. The largest absolute Gasteiger partial charge is 0.493 e. The van der Waals surface area contributed by atoms with Gasteiger partial charge in [0, 0.05) is 11.4 Å². The molecule has 0 amide bonds. The van der Waals surface area contributed by atoms with Crippen molar-refractivity contribution < 1.29 is 19.0 Å². The Labute approximate surface area is 275 Å². The van der Waals surface area contributed by atoms with Crippen molar-refractivity contribution in [2.75, 3.05) is 12.4 Å². The fraction of sp³-hybridized carbons (Fsp3) is 0.378. The van der Waals surface area contributed by atoms with Crippen LogP contribution in [-0.4, -0.2) is 33.9 Å². The highest BCUT2D eigenvalue weighted by Gasteiger charge is 2.37. The molecular formula is C37H42N4O4S.